The molecule has 1 unspecified atom stereocenters. The molecule has 3 rings (SSSR count). The van der Waals surface area contributed by atoms with Crippen LogP contribution in [-0.4, -0.2) is 22.1 Å². The number of rotatable bonds is 4. The van der Waals surface area contributed by atoms with Gasteiger partial charge in [-0.05, 0) is 61.1 Å². The van der Waals surface area contributed by atoms with Crippen molar-refractivity contribution in [2.24, 2.45) is 5.92 Å². The molecular weight excluding hydrogens is 324 g/mol. The van der Waals surface area contributed by atoms with E-state index in [9.17, 15) is 9.90 Å². The van der Waals surface area contributed by atoms with Gasteiger partial charge in [-0.25, -0.2) is 0 Å². The van der Waals surface area contributed by atoms with Crippen LogP contribution in [0.2, 0.25) is 5.02 Å². The largest absolute Gasteiger partial charge is 0.393 e. The Morgan fingerprint density at radius 1 is 1.04 bits per heavy atom. The second-order valence-corrected chi connectivity index (χ2v) is 6.72. The molecule has 1 aromatic carbocycles. The molecule has 1 aromatic heterocycles. The number of aliphatic hydroxyl groups is 1. The third-order valence-electron chi connectivity index (χ3n) is 4.60. The molecule has 5 heteroatoms. The highest BCUT2D eigenvalue weighted by molar-refractivity contribution is 6.30. The summed E-state index contributed by atoms with van der Waals surface area (Å²) >= 11 is 5.98. The summed E-state index contributed by atoms with van der Waals surface area (Å²) in [6.07, 6.45) is 6.04. The Kier molecular flexibility index (Phi) is 5.48. The molecule has 2 aromatic rings. The van der Waals surface area contributed by atoms with E-state index in [1.807, 2.05) is 36.4 Å². The predicted octanol–water partition coefficient (Wildman–Crippen LogP) is 3.49. The molecule has 0 aliphatic heterocycles. The summed E-state index contributed by atoms with van der Waals surface area (Å²) in [7, 11) is 0. The van der Waals surface area contributed by atoms with Gasteiger partial charge in [-0.15, -0.1) is 0 Å². The highest BCUT2D eigenvalue weighted by Crippen LogP contribution is 2.27. The van der Waals surface area contributed by atoms with Crippen LogP contribution in [0.4, 0.5) is 0 Å². The van der Waals surface area contributed by atoms with Crippen LogP contribution < -0.4 is 5.32 Å². The van der Waals surface area contributed by atoms with Gasteiger partial charge in [-0.1, -0.05) is 23.7 Å². The number of carbonyl (C=O) groups is 1. The summed E-state index contributed by atoms with van der Waals surface area (Å²) in [5, 5.41) is 13.5. The van der Waals surface area contributed by atoms with Crippen LogP contribution in [0.1, 0.15) is 42.9 Å². The molecule has 0 radical (unpaired) electrons. The van der Waals surface area contributed by atoms with E-state index >= 15 is 0 Å². The number of hydrogen-bond acceptors (Lipinski definition) is 3. The van der Waals surface area contributed by atoms with Gasteiger partial charge in [-0.3, -0.25) is 9.78 Å². The molecule has 126 valence electrons. The van der Waals surface area contributed by atoms with Gasteiger partial charge >= 0.3 is 0 Å². The zero-order valence-corrected chi connectivity index (χ0v) is 14.1. The van der Waals surface area contributed by atoms with E-state index in [1.54, 1.807) is 12.4 Å². The van der Waals surface area contributed by atoms with E-state index in [0.717, 1.165) is 24.0 Å². The molecule has 1 aliphatic carbocycles. The fourth-order valence-electron chi connectivity index (χ4n) is 3.17. The first kappa shape index (κ1) is 16.9. The second-order valence-electron chi connectivity index (χ2n) is 6.28. The molecule has 1 atom stereocenters. The molecule has 0 spiro atoms. The average Bonchev–Trinajstić information content (AvgIpc) is 2.62. The first-order valence-corrected chi connectivity index (χ1v) is 8.65. The van der Waals surface area contributed by atoms with Crippen LogP contribution in [0.5, 0.6) is 0 Å². The van der Waals surface area contributed by atoms with Crippen molar-refractivity contribution < 1.29 is 9.90 Å². The van der Waals surface area contributed by atoms with Gasteiger partial charge in [0.25, 0.3) is 0 Å². The number of nitrogens with zero attached hydrogens (tertiary/aromatic N) is 1. The van der Waals surface area contributed by atoms with E-state index in [-0.39, 0.29) is 24.0 Å². The van der Waals surface area contributed by atoms with E-state index in [2.05, 4.69) is 10.3 Å². The third-order valence-corrected chi connectivity index (χ3v) is 4.85. The normalized spacial score (nSPS) is 21.9. The number of benzene rings is 1. The standard InChI is InChI=1S/C19H21ClN2O2/c20-16-5-1-13(2-6-16)18(14-9-11-21-12-10-14)22-19(24)15-3-7-17(23)8-4-15/h1-2,5-6,9-12,15,17-18,23H,3-4,7-8H2,(H,22,24). The van der Waals surface area contributed by atoms with Crippen molar-refractivity contribution in [1.82, 2.24) is 10.3 Å². The van der Waals surface area contributed by atoms with E-state index in [1.165, 1.54) is 0 Å². The molecular formula is C19H21ClN2O2. The lowest BCUT2D eigenvalue weighted by atomic mass is 9.86. The zero-order chi connectivity index (χ0) is 16.9. The minimum absolute atomic E-state index is 0.0370. The molecule has 24 heavy (non-hydrogen) atoms. The number of amides is 1. The Morgan fingerprint density at radius 2 is 1.62 bits per heavy atom. The van der Waals surface area contributed by atoms with Crippen LogP contribution in [-0.2, 0) is 4.79 Å². The lowest BCUT2D eigenvalue weighted by molar-refractivity contribution is -0.127. The fraction of sp³-hybridized carbons (Fsp3) is 0.368. The molecule has 2 N–H and O–H groups in total. The smallest absolute Gasteiger partial charge is 0.223 e. The van der Waals surface area contributed by atoms with Gasteiger partial charge in [0.2, 0.25) is 5.91 Å². The highest BCUT2D eigenvalue weighted by Gasteiger charge is 2.27. The van der Waals surface area contributed by atoms with Crippen molar-refractivity contribution in [3.05, 3.63) is 64.9 Å². The molecule has 1 aliphatic rings. The number of aromatic nitrogens is 1. The summed E-state index contributed by atoms with van der Waals surface area (Å²) in [5.74, 6) is 0.00343. The van der Waals surface area contributed by atoms with Crippen molar-refractivity contribution in [3.63, 3.8) is 0 Å². The SMILES string of the molecule is O=C(NC(c1ccncc1)c1ccc(Cl)cc1)C1CCC(O)CC1. The number of carbonyl (C=O) groups excluding carboxylic acids is 1. The lowest BCUT2D eigenvalue weighted by Crippen LogP contribution is -2.37. The Balaban J connectivity index is 1.80. The van der Waals surface area contributed by atoms with Crippen LogP contribution in [0, 0.1) is 5.92 Å². The van der Waals surface area contributed by atoms with Crippen LogP contribution in [0.15, 0.2) is 48.8 Å². The summed E-state index contributed by atoms with van der Waals surface area (Å²) in [5.41, 5.74) is 1.96. The summed E-state index contributed by atoms with van der Waals surface area (Å²) < 4.78 is 0. The Bertz CT molecular complexity index is 668. The molecule has 1 fully saturated rings. The maximum absolute atomic E-state index is 12.7. The van der Waals surface area contributed by atoms with Gasteiger partial charge in [0.15, 0.2) is 0 Å². The quantitative estimate of drug-likeness (QED) is 0.892. The summed E-state index contributed by atoms with van der Waals surface area (Å²) in [4.78, 5) is 16.7. The van der Waals surface area contributed by atoms with Crippen molar-refractivity contribution in [1.29, 1.82) is 0 Å². The third kappa shape index (κ3) is 4.13. The molecule has 1 heterocycles. The summed E-state index contributed by atoms with van der Waals surface area (Å²) in [6.45, 7) is 0. The number of halogens is 1. The van der Waals surface area contributed by atoms with Crippen molar-refractivity contribution in [3.8, 4) is 0 Å². The maximum Gasteiger partial charge on any atom is 0.223 e. The first-order chi connectivity index (χ1) is 11.6. The van der Waals surface area contributed by atoms with E-state index in [0.29, 0.717) is 17.9 Å². The lowest BCUT2D eigenvalue weighted by Gasteiger charge is -2.27. The van der Waals surface area contributed by atoms with Crippen LogP contribution in [0.3, 0.4) is 0 Å². The Labute approximate surface area is 146 Å². The Hall–Kier alpha value is -1.91. The van der Waals surface area contributed by atoms with Crippen molar-refractivity contribution in [2.75, 3.05) is 0 Å². The predicted molar refractivity (Wildman–Crippen MR) is 93.6 cm³/mol. The molecule has 0 saturated heterocycles. The molecule has 1 amide bonds. The maximum atomic E-state index is 12.7. The van der Waals surface area contributed by atoms with Crippen molar-refractivity contribution in [2.45, 2.75) is 37.8 Å². The average molecular weight is 345 g/mol. The molecule has 4 nitrogen and oxygen atoms in total. The number of aliphatic hydroxyl groups excluding tert-OH is 1. The monoisotopic (exact) mass is 344 g/mol. The van der Waals surface area contributed by atoms with Gasteiger partial charge < -0.3 is 10.4 Å². The minimum Gasteiger partial charge on any atom is -0.393 e. The zero-order valence-electron chi connectivity index (χ0n) is 13.4. The van der Waals surface area contributed by atoms with Gasteiger partial charge in [0.05, 0.1) is 12.1 Å². The van der Waals surface area contributed by atoms with Gasteiger partial charge in [0, 0.05) is 23.3 Å². The van der Waals surface area contributed by atoms with Crippen LogP contribution >= 0.6 is 11.6 Å². The fourth-order valence-corrected chi connectivity index (χ4v) is 3.29. The molecule has 0 bridgehead atoms. The number of hydrogen-bond donors (Lipinski definition) is 2. The second kappa shape index (κ2) is 7.77. The number of pyridine rings is 1. The van der Waals surface area contributed by atoms with E-state index in [4.69, 9.17) is 11.6 Å². The first-order valence-electron chi connectivity index (χ1n) is 8.27. The van der Waals surface area contributed by atoms with Crippen molar-refractivity contribution >= 4 is 17.5 Å². The van der Waals surface area contributed by atoms with Gasteiger partial charge in [0.1, 0.15) is 0 Å². The molecule has 1 saturated carbocycles. The summed E-state index contributed by atoms with van der Waals surface area (Å²) in [6, 6.07) is 11.1. The van der Waals surface area contributed by atoms with E-state index < -0.39 is 0 Å². The Morgan fingerprint density at radius 3 is 2.25 bits per heavy atom. The van der Waals surface area contributed by atoms with Crippen LogP contribution in [0.25, 0.3) is 0 Å². The topological polar surface area (TPSA) is 62.2 Å². The minimum atomic E-state index is -0.263. The van der Waals surface area contributed by atoms with Gasteiger partial charge in [-0.2, -0.15) is 0 Å². The highest BCUT2D eigenvalue weighted by atomic mass is 35.5. The number of nitrogens with one attached hydrogen (secondary N) is 1.